The smallest absolute Gasteiger partial charge is 0.275 e. The first-order chi connectivity index (χ1) is 12.6. The highest BCUT2D eigenvalue weighted by molar-refractivity contribution is 5.76. The second-order valence-corrected chi connectivity index (χ2v) is 6.56. The van der Waals surface area contributed by atoms with Crippen molar-refractivity contribution >= 4 is 11.6 Å². The molecule has 1 fully saturated rings. The molecule has 0 saturated carbocycles. The third kappa shape index (κ3) is 4.89. The fraction of sp³-hybridized carbons (Fsp3) is 0.350. The number of anilines is 1. The van der Waals surface area contributed by atoms with E-state index >= 15 is 0 Å². The normalized spacial score (nSPS) is 14.9. The molecule has 138 valence electrons. The van der Waals surface area contributed by atoms with Crippen LogP contribution in [0.25, 0.3) is 0 Å². The molecule has 1 saturated heterocycles. The zero-order valence-electron chi connectivity index (χ0n) is 15.1. The van der Waals surface area contributed by atoms with Crippen LogP contribution in [-0.2, 0) is 11.3 Å². The Kier molecular flexibility index (Phi) is 5.96. The van der Waals surface area contributed by atoms with E-state index in [9.17, 15) is 9.90 Å². The van der Waals surface area contributed by atoms with Gasteiger partial charge in [-0.2, -0.15) is 0 Å². The standard InChI is InChI=1S/C20H25N3O3/c1-26-19-4-2-3-16(13-19)14-21-20(25)15-22-9-11-23(12-10-22)17-5-7-18(24)8-6-17/h2-8,13,24H,9-12,14-15H2,1H3,(H,21,25)/p+1. The molecular weight excluding hydrogens is 330 g/mol. The van der Waals surface area contributed by atoms with Crippen molar-refractivity contribution < 1.29 is 19.5 Å². The van der Waals surface area contributed by atoms with Gasteiger partial charge in [0, 0.05) is 12.2 Å². The first-order valence-corrected chi connectivity index (χ1v) is 8.91. The summed E-state index contributed by atoms with van der Waals surface area (Å²) in [5.74, 6) is 1.15. The molecule has 6 nitrogen and oxygen atoms in total. The average Bonchev–Trinajstić information content (AvgIpc) is 2.68. The molecule has 3 N–H and O–H groups in total. The number of rotatable bonds is 6. The third-order valence-electron chi connectivity index (χ3n) is 4.72. The molecule has 1 heterocycles. The van der Waals surface area contributed by atoms with E-state index in [0.29, 0.717) is 13.1 Å². The van der Waals surface area contributed by atoms with E-state index in [1.807, 2.05) is 36.4 Å². The number of carbonyl (C=O) groups excluding carboxylic acids is 1. The molecule has 0 spiro atoms. The highest BCUT2D eigenvalue weighted by Gasteiger charge is 2.22. The second kappa shape index (κ2) is 8.58. The lowest BCUT2D eigenvalue weighted by molar-refractivity contribution is -0.892. The number of phenolic OH excluding ortho intramolecular Hbond substituents is 1. The number of phenols is 1. The molecule has 1 aliphatic heterocycles. The van der Waals surface area contributed by atoms with E-state index in [1.54, 1.807) is 19.2 Å². The SMILES string of the molecule is COc1cccc(CNC(=O)C[NH+]2CCN(c3ccc(O)cc3)CC2)c1. The van der Waals surface area contributed by atoms with Crippen LogP contribution in [-0.4, -0.2) is 50.8 Å². The van der Waals surface area contributed by atoms with E-state index in [0.717, 1.165) is 43.2 Å². The molecule has 2 aromatic rings. The van der Waals surface area contributed by atoms with Gasteiger partial charge >= 0.3 is 0 Å². The monoisotopic (exact) mass is 356 g/mol. The predicted octanol–water partition coefficient (Wildman–Crippen LogP) is 0.422. The molecule has 0 radical (unpaired) electrons. The molecule has 0 aromatic heterocycles. The first kappa shape index (κ1) is 18.1. The van der Waals surface area contributed by atoms with Crippen LogP contribution in [0.3, 0.4) is 0 Å². The van der Waals surface area contributed by atoms with Gasteiger partial charge in [0.25, 0.3) is 5.91 Å². The van der Waals surface area contributed by atoms with Crippen molar-refractivity contribution in [1.29, 1.82) is 0 Å². The van der Waals surface area contributed by atoms with Crippen molar-refractivity contribution in [2.75, 3.05) is 44.7 Å². The zero-order valence-corrected chi connectivity index (χ0v) is 15.1. The van der Waals surface area contributed by atoms with Crippen LogP contribution < -0.4 is 19.9 Å². The lowest BCUT2D eigenvalue weighted by Gasteiger charge is -2.33. The van der Waals surface area contributed by atoms with Gasteiger partial charge in [0.1, 0.15) is 11.5 Å². The average molecular weight is 356 g/mol. The molecule has 26 heavy (non-hydrogen) atoms. The molecule has 0 unspecified atom stereocenters. The summed E-state index contributed by atoms with van der Waals surface area (Å²) in [7, 11) is 1.64. The van der Waals surface area contributed by atoms with Crippen LogP contribution in [0, 0.1) is 0 Å². The number of hydrogen-bond donors (Lipinski definition) is 3. The maximum atomic E-state index is 12.2. The van der Waals surface area contributed by atoms with E-state index in [4.69, 9.17) is 4.74 Å². The Morgan fingerprint density at radius 1 is 1.19 bits per heavy atom. The summed E-state index contributed by atoms with van der Waals surface area (Å²) in [6, 6.07) is 15.0. The van der Waals surface area contributed by atoms with Crippen molar-refractivity contribution in [3.05, 3.63) is 54.1 Å². The number of quaternary nitrogens is 1. The Morgan fingerprint density at radius 3 is 2.62 bits per heavy atom. The van der Waals surface area contributed by atoms with Gasteiger partial charge in [-0.05, 0) is 42.0 Å². The van der Waals surface area contributed by atoms with Crippen LogP contribution in [0.2, 0.25) is 0 Å². The van der Waals surface area contributed by atoms with Crippen LogP contribution in [0.15, 0.2) is 48.5 Å². The Bertz CT molecular complexity index is 725. The van der Waals surface area contributed by atoms with E-state index in [-0.39, 0.29) is 11.7 Å². The lowest BCUT2D eigenvalue weighted by atomic mass is 10.2. The molecule has 0 atom stereocenters. The fourth-order valence-electron chi connectivity index (χ4n) is 3.19. The summed E-state index contributed by atoms with van der Waals surface area (Å²) in [5.41, 5.74) is 2.15. The number of nitrogens with one attached hydrogen (secondary N) is 2. The number of nitrogens with zero attached hydrogens (tertiary/aromatic N) is 1. The van der Waals surface area contributed by atoms with Gasteiger partial charge in [-0.1, -0.05) is 12.1 Å². The fourth-order valence-corrected chi connectivity index (χ4v) is 3.19. The third-order valence-corrected chi connectivity index (χ3v) is 4.72. The summed E-state index contributed by atoms with van der Waals surface area (Å²) in [5, 5.41) is 12.4. The van der Waals surface area contributed by atoms with Gasteiger partial charge < -0.3 is 25.0 Å². The van der Waals surface area contributed by atoms with Crippen molar-refractivity contribution in [2.45, 2.75) is 6.54 Å². The Balaban J connectivity index is 1.42. The zero-order chi connectivity index (χ0) is 18.4. The number of piperazine rings is 1. The number of methoxy groups -OCH3 is 1. The summed E-state index contributed by atoms with van der Waals surface area (Å²) in [4.78, 5) is 15.8. The highest BCUT2D eigenvalue weighted by atomic mass is 16.5. The van der Waals surface area contributed by atoms with Crippen LogP contribution in [0.1, 0.15) is 5.56 Å². The minimum atomic E-state index is 0.0703. The number of aromatic hydroxyl groups is 1. The van der Waals surface area contributed by atoms with E-state index in [1.165, 1.54) is 4.90 Å². The molecule has 1 aliphatic rings. The quantitative estimate of drug-likeness (QED) is 0.702. The number of carbonyl (C=O) groups is 1. The summed E-state index contributed by atoms with van der Waals surface area (Å²) in [6.07, 6.45) is 0. The van der Waals surface area contributed by atoms with E-state index < -0.39 is 0 Å². The number of hydrogen-bond acceptors (Lipinski definition) is 4. The minimum absolute atomic E-state index is 0.0703. The Labute approximate surface area is 154 Å². The molecule has 3 rings (SSSR count). The van der Waals surface area contributed by atoms with Crippen molar-refractivity contribution in [2.24, 2.45) is 0 Å². The van der Waals surface area contributed by atoms with Gasteiger partial charge in [-0.15, -0.1) is 0 Å². The molecule has 0 bridgehead atoms. The van der Waals surface area contributed by atoms with Gasteiger partial charge in [0.05, 0.1) is 33.3 Å². The molecule has 0 aliphatic carbocycles. The molecule has 1 amide bonds. The maximum Gasteiger partial charge on any atom is 0.275 e. The largest absolute Gasteiger partial charge is 0.508 e. The molecular formula is C20H26N3O3+. The van der Waals surface area contributed by atoms with Crippen LogP contribution in [0.4, 0.5) is 5.69 Å². The maximum absolute atomic E-state index is 12.2. The predicted molar refractivity (Wildman–Crippen MR) is 101 cm³/mol. The lowest BCUT2D eigenvalue weighted by Crippen LogP contribution is -3.15. The Hall–Kier alpha value is -2.73. The number of ether oxygens (including phenoxy) is 1. The first-order valence-electron chi connectivity index (χ1n) is 8.91. The summed E-state index contributed by atoms with van der Waals surface area (Å²) >= 11 is 0. The van der Waals surface area contributed by atoms with Crippen molar-refractivity contribution in [1.82, 2.24) is 5.32 Å². The van der Waals surface area contributed by atoms with Crippen molar-refractivity contribution in [3.8, 4) is 11.5 Å². The van der Waals surface area contributed by atoms with Gasteiger partial charge in [0.2, 0.25) is 0 Å². The van der Waals surface area contributed by atoms with Gasteiger partial charge in [-0.3, -0.25) is 4.79 Å². The topological polar surface area (TPSA) is 66.2 Å². The molecule has 2 aromatic carbocycles. The van der Waals surface area contributed by atoms with Crippen LogP contribution in [0.5, 0.6) is 11.5 Å². The summed E-state index contributed by atoms with van der Waals surface area (Å²) < 4.78 is 5.20. The number of benzene rings is 2. The van der Waals surface area contributed by atoms with Crippen LogP contribution >= 0.6 is 0 Å². The van der Waals surface area contributed by atoms with E-state index in [2.05, 4.69) is 10.2 Å². The second-order valence-electron chi connectivity index (χ2n) is 6.56. The Morgan fingerprint density at radius 2 is 1.92 bits per heavy atom. The van der Waals surface area contributed by atoms with Crippen molar-refractivity contribution in [3.63, 3.8) is 0 Å². The highest BCUT2D eigenvalue weighted by Crippen LogP contribution is 2.18. The summed E-state index contributed by atoms with van der Waals surface area (Å²) in [6.45, 7) is 4.67. The molecule has 6 heteroatoms. The van der Waals surface area contributed by atoms with Gasteiger partial charge in [0.15, 0.2) is 6.54 Å². The number of amides is 1. The van der Waals surface area contributed by atoms with Gasteiger partial charge in [-0.25, -0.2) is 0 Å². The minimum Gasteiger partial charge on any atom is -0.508 e.